The zero-order valence-electron chi connectivity index (χ0n) is 13.0. The van der Waals surface area contributed by atoms with Gasteiger partial charge in [0.05, 0.1) is 11.6 Å². The molecule has 130 valence electrons. The number of hydrogen-bond donors (Lipinski definition) is 1. The number of amidine groups is 1. The summed E-state index contributed by atoms with van der Waals surface area (Å²) < 4.78 is 40.6. The third kappa shape index (κ3) is 2.50. The number of hydrogen-bond acceptors (Lipinski definition) is 5. The first-order chi connectivity index (χ1) is 11.9. The minimum atomic E-state index is -3.21. The normalized spacial score (nSPS) is 24.0. The van der Waals surface area contributed by atoms with Crippen LogP contribution in [0, 0.1) is 0 Å². The van der Waals surface area contributed by atoms with Gasteiger partial charge in [-0.25, -0.2) is 4.99 Å². The van der Waals surface area contributed by atoms with Crippen LogP contribution in [0.15, 0.2) is 41.7 Å². The van der Waals surface area contributed by atoms with Crippen molar-refractivity contribution in [3.8, 4) is 16.9 Å². The summed E-state index contributed by atoms with van der Waals surface area (Å²) in [5.41, 5.74) is 5.35. The number of benzene rings is 1. The fourth-order valence-corrected chi connectivity index (χ4v) is 3.41. The standard InChI is InChI=1S/C17H14ClF2N3O2/c18-12-5-11(7-22-8-12)10-1-2-14-13(6-10)16(3-4-24-14)17(19,20)9-23-15(21)25-16/h1-2,5-8H,3-4,9H2,(H2,21,23)/t16-/m1/s1. The van der Waals surface area contributed by atoms with Gasteiger partial charge in [-0.1, -0.05) is 17.7 Å². The number of aliphatic imine (C=N–C) groups is 1. The summed E-state index contributed by atoms with van der Waals surface area (Å²) in [5.74, 6) is -2.86. The van der Waals surface area contributed by atoms with E-state index in [9.17, 15) is 8.78 Å². The number of alkyl halides is 2. The second kappa shape index (κ2) is 5.56. The molecule has 1 aromatic heterocycles. The van der Waals surface area contributed by atoms with Gasteiger partial charge in [0, 0.05) is 29.9 Å². The first kappa shape index (κ1) is 16.1. The predicted molar refractivity (Wildman–Crippen MR) is 89.0 cm³/mol. The number of fused-ring (bicyclic) bond motifs is 2. The molecule has 1 aromatic carbocycles. The highest BCUT2D eigenvalue weighted by Crippen LogP contribution is 2.51. The van der Waals surface area contributed by atoms with Crippen molar-refractivity contribution in [2.45, 2.75) is 17.9 Å². The third-order valence-electron chi connectivity index (χ3n) is 4.47. The van der Waals surface area contributed by atoms with Crippen molar-refractivity contribution < 1.29 is 18.3 Å². The molecule has 8 heteroatoms. The van der Waals surface area contributed by atoms with Gasteiger partial charge in [-0.3, -0.25) is 4.98 Å². The molecule has 0 saturated heterocycles. The fourth-order valence-electron chi connectivity index (χ4n) is 3.24. The molecule has 25 heavy (non-hydrogen) atoms. The fraction of sp³-hybridized carbons (Fsp3) is 0.294. The monoisotopic (exact) mass is 365 g/mol. The maximum Gasteiger partial charge on any atom is 0.310 e. The molecular weight excluding hydrogens is 352 g/mol. The van der Waals surface area contributed by atoms with Crippen LogP contribution in [0.3, 0.4) is 0 Å². The molecule has 1 spiro atoms. The SMILES string of the molecule is NC1=NCC(F)(F)[C@]2(CCOc3ccc(-c4cncc(Cl)c4)cc32)O1. The van der Waals surface area contributed by atoms with Crippen LogP contribution < -0.4 is 10.5 Å². The number of nitrogens with zero attached hydrogens (tertiary/aromatic N) is 2. The number of ether oxygens (including phenoxy) is 2. The van der Waals surface area contributed by atoms with Gasteiger partial charge in [0.15, 0.2) is 0 Å². The summed E-state index contributed by atoms with van der Waals surface area (Å²) in [4.78, 5) is 7.59. The number of pyridine rings is 1. The van der Waals surface area contributed by atoms with Gasteiger partial charge < -0.3 is 15.2 Å². The third-order valence-corrected chi connectivity index (χ3v) is 4.67. The Labute approximate surface area is 147 Å². The lowest BCUT2D eigenvalue weighted by Gasteiger charge is -2.44. The molecule has 4 rings (SSSR count). The van der Waals surface area contributed by atoms with Crippen molar-refractivity contribution in [1.29, 1.82) is 0 Å². The van der Waals surface area contributed by atoms with Gasteiger partial charge in [-0.15, -0.1) is 0 Å². The highest BCUT2D eigenvalue weighted by atomic mass is 35.5. The van der Waals surface area contributed by atoms with Crippen molar-refractivity contribution in [3.05, 3.63) is 47.2 Å². The second-order valence-corrected chi connectivity index (χ2v) is 6.43. The van der Waals surface area contributed by atoms with Gasteiger partial charge >= 0.3 is 5.92 Å². The van der Waals surface area contributed by atoms with E-state index in [0.29, 0.717) is 21.9 Å². The quantitative estimate of drug-likeness (QED) is 0.841. The zero-order valence-corrected chi connectivity index (χ0v) is 13.8. The largest absolute Gasteiger partial charge is 0.493 e. The molecule has 0 fully saturated rings. The Balaban J connectivity index is 1.89. The molecule has 2 N–H and O–H groups in total. The number of halogens is 3. The Kier molecular flexibility index (Phi) is 3.57. The van der Waals surface area contributed by atoms with Crippen molar-refractivity contribution in [2.24, 2.45) is 10.7 Å². The van der Waals surface area contributed by atoms with Crippen LogP contribution in [0.5, 0.6) is 5.75 Å². The predicted octanol–water partition coefficient (Wildman–Crippen LogP) is 3.36. The van der Waals surface area contributed by atoms with E-state index >= 15 is 0 Å². The maximum absolute atomic E-state index is 14.8. The van der Waals surface area contributed by atoms with E-state index in [-0.39, 0.29) is 24.6 Å². The summed E-state index contributed by atoms with van der Waals surface area (Å²) in [6.07, 6.45) is 3.09. The van der Waals surface area contributed by atoms with Crippen molar-refractivity contribution in [1.82, 2.24) is 4.98 Å². The molecule has 0 unspecified atom stereocenters. The van der Waals surface area contributed by atoms with Crippen molar-refractivity contribution in [3.63, 3.8) is 0 Å². The molecule has 2 aromatic rings. The summed E-state index contributed by atoms with van der Waals surface area (Å²) >= 11 is 5.98. The number of nitrogens with two attached hydrogens (primary N) is 1. The molecule has 5 nitrogen and oxygen atoms in total. The van der Waals surface area contributed by atoms with Crippen LogP contribution in [0.1, 0.15) is 12.0 Å². The first-order valence-electron chi connectivity index (χ1n) is 7.66. The molecule has 0 bridgehead atoms. The van der Waals surface area contributed by atoms with E-state index in [1.807, 2.05) is 0 Å². The van der Waals surface area contributed by atoms with Crippen LogP contribution in [0.4, 0.5) is 8.78 Å². The van der Waals surface area contributed by atoms with Crippen molar-refractivity contribution >= 4 is 17.6 Å². The van der Waals surface area contributed by atoms with Crippen LogP contribution in [0.2, 0.25) is 5.02 Å². The summed E-state index contributed by atoms with van der Waals surface area (Å²) in [6, 6.07) is 6.50. The Hall–Kier alpha value is -2.41. The van der Waals surface area contributed by atoms with E-state index in [0.717, 1.165) is 0 Å². The molecule has 3 heterocycles. The van der Waals surface area contributed by atoms with E-state index in [2.05, 4.69) is 9.98 Å². The van der Waals surface area contributed by atoms with Crippen molar-refractivity contribution in [2.75, 3.05) is 13.2 Å². The summed E-state index contributed by atoms with van der Waals surface area (Å²) in [5, 5.41) is 0.455. The molecule has 0 saturated carbocycles. The molecule has 0 radical (unpaired) electrons. The van der Waals surface area contributed by atoms with E-state index < -0.39 is 18.1 Å². The van der Waals surface area contributed by atoms with Gasteiger partial charge in [-0.05, 0) is 23.8 Å². The lowest BCUT2D eigenvalue weighted by atomic mass is 9.80. The smallest absolute Gasteiger partial charge is 0.310 e. The molecule has 2 aliphatic rings. The van der Waals surface area contributed by atoms with Crippen LogP contribution in [-0.4, -0.2) is 30.1 Å². The van der Waals surface area contributed by atoms with E-state index in [4.69, 9.17) is 26.8 Å². The van der Waals surface area contributed by atoms with E-state index in [1.165, 1.54) is 6.20 Å². The second-order valence-electron chi connectivity index (χ2n) is 5.99. The first-order valence-corrected chi connectivity index (χ1v) is 8.04. The highest BCUT2D eigenvalue weighted by molar-refractivity contribution is 6.30. The molecule has 1 atom stereocenters. The maximum atomic E-state index is 14.8. The number of aromatic nitrogens is 1. The van der Waals surface area contributed by atoms with Gasteiger partial charge in [0.25, 0.3) is 6.02 Å². The highest BCUT2D eigenvalue weighted by Gasteiger charge is 2.61. The average molecular weight is 366 g/mol. The van der Waals surface area contributed by atoms with Crippen LogP contribution in [-0.2, 0) is 10.3 Å². The Bertz CT molecular complexity index is 875. The number of rotatable bonds is 1. The lowest BCUT2D eigenvalue weighted by Crippen LogP contribution is -2.57. The molecule has 0 aliphatic carbocycles. The molecular formula is C17H14ClF2N3O2. The zero-order chi connectivity index (χ0) is 17.7. The Morgan fingerprint density at radius 2 is 2.00 bits per heavy atom. The average Bonchev–Trinajstić information content (AvgIpc) is 2.59. The summed E-state index contributed by atoms with van der Waals surface area (Å²) in [7, 11) is 0. The van der Waals surface area contributed by atoms with Gasteiger partial charge in [0.1, 0.15) is 12.3 Å². The van der Waals surface area contributed by atoms with Crippen LogP contribution in [0.25, 0.3) is 11.1 Å². The van der Waals surface area contributed by atoms with E-state index in [1.54, 1.807) is 30.5 Å². The summed E-state index contributed by atoms with van der Waals surface area (Å²) in [6.45, 7) is -0.616. The van der Waals surface area contributed by atoms with Crippen LogP contribution >= 0.6 is 11.6 Å². The Morgan fingerprint density at radius 1 is 1.16 bits per heavy atom. The topological polar surface area (TPSA) is 69.7 Å². The lowest BCUT2D eigenvalue weighted by molar-refractivity contribution is -0.194. The Morgan fingerprint density at radius 3 is 2.80 bits per heavy atom. The van der Waals surface area contributed by atoms with Gasteiger partial charge in [-0.2, -0.15) is 8.78 Å². The minimum absolute atomic E-state index is 0.0273. The molecule has 0 amide bonds. The van der Waals surface area contributed by atoms with Gasteiger partial charge in [0.2, 0.25) is 5.60 Å². The molecule has 2 aliphatic heterocycles. The minimum Gasteiger partial charge on any atom is -0.493 e.